The van der Waals surface area contributed by atoms with E-state index in [-0.39, 0.29) is 5.92 Å². The van der Waals surface area contributed by atoms with Gasteiger partial charge >= 0.3 is 5.97 Å². The van der Waals surface area contributed by atoms with Gasteiger partial charge in [0.05, 0.1) is 11.6 Å². The van der Waals surface area contributed by atoms with Crippen LogP contribution in [0, 0.1) is 17.2 Å². The molecule has 82 valence electrons. The number of aliphatic carboxylic acids is 1. The summed E-state index contributed by atoms with van der Waals surface area (Å²) >= 11 is 0. The van der Waals surface area contributed by atoms with Crippen molar-refractivity contribution in [2.24, 2.45) is 5.92 Å². The Morgan fingerprint density at radius 1 is 1.56 bits per heavy atom. The van der Waals surface area contributed by atoms with Gasteiger partial charge in [-0.3, -0.25) is 0 Å². The summed E-state index contributed by atoms with van der Waals surface area (Å²) in [6, 6.07) is 8.37. The maximum atomic E-state index is 11.0. The number of nitriles is 1. The molecule has 1 atom stereocenters. The van der Waals surface area contributed by atoms with Gasteiger partial charge in [-0.05, 0) is 37.0 Å². The van der Waals surface area contributed by atoms with E-state index in [2.05, 4.69) is 5.32 Å². The zero-order valence-corrected chi connectivity index (χ0v) is 8.68. The summed E-state index contributed by atoms with van der Waals surface area (Å²) in [5.41, 5.74) is 1.23. The Kier molecular flexibility index (Phi) is 2.78. The van der Waals surface area contributed by atoms with Crippen LogP contribution in [0.15, 0.2) is 24.3 Å². The van der Waals surface area contributed by atoms with Gasteiger partial charge in [0, 0.05) is 5.69 Å². The first-order valence-electron chi connectivity index (χ1n) is 5.20. The highest BCUT2D eigenvalue weighted by molar-refractivity contribution is 5.78. The molecule has 0 amide bonds. The first-order valence-corrected chi connectivity index (χ1v) is 5.20. The van der Waals surface area contributed by atoms with Crippen LogP contribution in [-0.2, 0) is 4.79 Å². The third kappa shape index (κ3) is 2.31. The Morgan fingerprint density at radius 3 is 2.88 bits per heavy atom. The molecule has 4 nitrogen and oxygen atoms in total. The highest BCUT2D eigenvalue weighted by Gasteiger charge is 2.36. The summed E-state index contributed by atoms with van der Waals surface area (Å²) in [7, 11) is 0. The number of nitrogens with one attached hydrogen (secondary N) is 1. The number of rotatable bonds is 4. The lowest BCUT2D eigenvalue weighted by molar-refractivity contribution is -0.138. The molecule has 0 aliphatic heterocycles. The normalized spacial score (nSPS) is 16.2. The molecule has 1 unspecified atom stereocenters. The molecule has 1 fully saturated rings. The molecule has 1 aliphatic rings. The third-order valence-corrected chi connectivity index (χ3v) is 2.67. The summed E-state index contributed by atoms with van der Waals surface area (Å²) in [6.07, 6.45) is 1.92. The fraction of sp³-hybridized carbons (Fsp3) is 0.333. The molecule has 0 spiro atoms. The number of carboxylic acid groups (broad SMARTS) is 1. The van der Waals surface area contributed by atoms with Gasteiger partial charge in [-0.2, -0.15) is 5.26 Å². The fourth-order valence-electron chi connectivity index (χ4n) is 1.67. The average Bonchev–Trinajstić information content (AvgIpc) is 3.10. The lowest BCUT2D eigenvalue weighted by Crippen LogP contribution is -2.31. The van der Waals surface area contributed by atoms with Crippen molar-refractivity contribution in [3.63, 3.8) is 0 Å². The van der Waals surface area contributed by atoms with Crippen molar-refractivity contribution in [3.05, 3.63) is 29.8 Å². The van der Waals surface area contributed by atoms with Crippen molar-refractivity contribution < 1.29 is 9.90 Å². The second-order valence-corrected chi connectivity index (χ2v) is 3.99. The molecule has 0 radical (unpaired) electrons. The van der Waals surface area contributed by atoms with Gasteiger partial charge in [-0.1, -0.05) is 6.07 Å². The number of benzene rings is 1. The molecular weight excluding hydrogens is 204 g/mol. The number of nitrogens with zero attached hydrogens (tertiary/aromatic N) is 1. The summed E-state index contributed by atoms with van der Waals surface area (Å²) in [6.45, 7) is 0. The molecule has 0 bridgehead atoms. The average molecular weight is 216 g/mol. The van der Waals surface area contributed by atoms with Gasteiger partial charge in [0.15, 0.2) is 0 Å². The molecule has 2 rings (SSSR count). The Morgan fingerprint density at radius 2 is 2.31 bits per heavy atom. The van der Waals surface area contributed by atoms with Crippen molar-refractivity contribution in [1.82, 2.24) is 0 Å². The van der Waals surface area contributed by atoms with Crippen LogP contribution in [0.25, 0.3) is 0 Å². The largest absolute Gasteiger partial charge is 0.480 e. The van der Waals surface area contributed by atoms with Crippen LogP contribution in [-0.4, -0.2) is 17.1 Å². The van der Waals surface area contributed by atoms with Crippen LogP contribution >= 0.6 is 0 Å². The standard InChI is InChI=1S/C12H12N2O2/c13-7-8-2-1-3-10(6-8)14-11(12(15)16)9-4-5-9/h1-3,6,9,11,14H,4-5H2,(H,15,16). The topological polar surface area (TPSA) is 73.1 Å². The molecule has 1 aromatic rings. The Balaban J connectivity index is 2.12. The number of anilines is 1. The van der Waals surface area contributed by atoms with E-state index in [9.17, 15) is 4.79 Å². The van der Waals surface area contributed by atoms with Gasteiger partial charge in [-0.25, -0.2) is 4.79 Å². The SMILES string of the molecule is N#Cc1cccc(NC(C(=O)O)C2CC2)c1. The maximum absolute atomic E-state index is 11.0. The molecule has 0 heterocycles. The number of hydrogen-bond donors (Lipinski definition) is 2. The van der Waals surface area contributed by atoms with Crippen molar-refractivity contribution >= 4 is 11.7 Å². The number of carboxylic acids is 1. The van der Waals surface area contributed by atoms with Crippen LogP contribution in [0.1, 0.15) is 18.4 Å². The minimum Gasteiger partial charge on any atom is -0.480 e. The zero-order valence-electron chi connectivity index (χ0n) is 8.68. The van der Waals surface area contributed by atoms with E-state index < -0.39 is 12.0 Å². The molecule has 0 saturated heterocycles. The highest BCUT2D eigenvalue weighted by atomic mass is 16.4. The van der Waals surface area contributed by atoms with Gasteiger partial charge in [0.1, 0.15) is 6.04 Å². The molecule has 16 heavy (non-hydrogen) atoms. The van der Waals surface area contributed by atoms with Gasteiger partial charge in [0.2, 0.25) is 0 Å². The van der Waals surface area contributed by atoms with E-state index in [4.69, 9.17) is 10.4 Å². The van der Waals surface area contributed by atoms with Gasteiger partial charge in [-0.15, -0.1) is 0 Å². The van der Waals surface area contributed by atoms with Crippen molar-refractivity contribution in [2.75, 3.05) is 5.32 Å². The maximum Gasteiger partial charge on any atom is 0.326 e. The van der Waals surface area contributed by atoms with E-state index >= 15 is 0 Å². The highest BCUT2D eigenvalue weighted by Crippen LogP contribution is 2.34. The van der Waals surface area contributed by atoms with E-state index in [1.807, 2.05) is 6.07 Å². The number of carbonyl (C=O) groups is 1. The first kappa shape index (κ1) is 10.5. The molecular formula is C12H12N2O2. The predicted octanol–water partition coefficient (Wildman–Crippen LogP) is 1.83. The molecule has 0 aromatic heterocycles. The second-order valence-electron chi connectivity index (χ2n) is 3.99. The van der Waals surface area contributed by atoms with E-state index in [1.54, 1.807) is 24.3 Å². The lowest BCUT2D eigenvalue weighted by Gasteiger charge is -2.14. The van der Waals surface area contributed by atoms with Crippen LogP contribution < -0.4 is 5.32 Å². The molecule has 4 heteroatoms. The predicted molar refractivity (Wildman–Crippen MR) is 58.9 cm³/mol. The monoisotopic (exact) mass is 216 g/mol. The Bertz CT molecular complexity index is 447. The Hall–Kier alpha value is -2.02. The van der Waals surface area contributed by atoms with Gasteiger partial charge < -0.3 is 10.4 Å². The van der Waals surface area contributed by atoms with Crippen molar-refractivity contribution in [2.45, 2.75) is 18.9 Å². The first-order chi connectivity index (χ1) is 7.70. The summed E-state index contributed by atoms with van der Waals surface area (Å²) < 4.78 is 0. The van der Waals surface area contributed by atoms with E-state index in [0.29, 0.717) is 11.3 Å². The summed E-state index contributed by atoms with van der Waals surface area (Å²) in [5, 5.41) is 20.7. The summed E-state index contributed by atoms with van der Waals surface area (Å²) in [5.74, 6) is -0.604. The molecule has 1 aromatic carbocycles. The number of hydrogen-bond acceptors (Lipinski definition) is 3. The van der Waals surface area contributed by atoms with Crippen LogP contribution in [0.3, 0.4) is 0 Å². The van der Waals surface area contributed by atoms with Crippen molar-refractivity contribution in [3.8, 4) is 6.07 Å². The van der Waals surface area contributed by atoms with Gasteiger partial charge in [0.25, 0.3) is 0 Å². The van der Waals surface area contributed by atoms with E-state index in [1.165, 1.54) is 0 Å². The molecule has 1 saturated carbocycles. The van der Waals surface area contributed by atoms with Crippen LogP contribution in [0.4, 0.5) is 5.69 Å². The summed E-state index contributed by atoms with van der Waals surface area (Å²) in [4.78, 5) is 11.0. The van der Waals surface area contributed by atoms with E-state index in [0.717, 1.165) is 12.8 Å². The lowest BCUT2D eigenvalue weighted by atomic mass is 10.1. The third-order valence-electron chi connectivity index (χ3n) is 2.67. The molecule has 1 aliphatic carbocycles. The Labute approximate surface area is 93.5 Å². The molecule has 2 N–H and O–H groups in total. The van der Waals surface area contributed by atoms with Crippen LogP contribution in [0.5, 0.6) is 0 Å². The minimum absolute atomic E-state index is 0.225. The van der Waals surface area contributed by atoms with Crippen LogP contribution in [0.2, 0.25) is 0 Å². The quantitative estimate of drug-likeness (QED) is 0.805. The van der Waals surface area contributed by atoms with Crippen molar-refractivity contribution in [1.29, 1.82) is 5.26 Å². The smallest absolute Gasteiger partial charge is 0.326 e. The fourth-order valence-corrected chi connectivity index (χ4v) is 1.67. The minimum atomic E-state index is -0.829. The second kappa shape index (κ2) is 4.23. The zero-order chi connectivity index (χ0) is 11.5.